The second-order valence-electron chi connectivity index (χ2n) is 6.28. The van der Waals surface area contributed by atoms with Crippen LogP contribution in [0.15, 0.2) is 34.7 Å². The van der Waals surface area contributed by atoms with Crippen molar-refractivity contribution in [1.29, 1.82) is 0 Å². The van der Waals surface area contributed by atoms with E-state index in [0.29, 0.717) is 19.5 Å². The zero-order valence-corrected chi connectivity index (χ0v) is 13.4. The van der Waals surface area contributed by atoms with Gasteiger partial charge in [-0.2, -0.15) is 4.31 Å². The van der Waals surface area contributed by atoms with Gasteiger partial charge in [-0.15, -0.1) is 0 Å². The van der Waals surface area contributed by atoms with E-state index in [2.05, 4.69) is 20.8 Å². The third-order valence-electron chi connectivity index (χ3n) is 3.74. The van der Waals surface area contributed by atoms with E-state index in [-0.39, 0.29) is 16.0 Å². The molecule has 0 saturated carbocycles. The summed E-state index contributed by atoms with van der Waals surface area (Å²) in [5.41, 5.74) is 6.61. The summed E-state index contributed by atoms with van der Waals surface area (Å²) in [6.07, 6.45) is 2.67. The summed E-state index contributed by atoms with van der Waals surface area (Å²) in [5.74, 6) is -0.609. The average Bonchev–Trinajstić information content (AvgIpc) is 2.41. The molecule has 0 atom stereocenters. The van der Waals surface area contributed by atoms with Crippen LogP contribution in [0.4, 0.5) is 10.1 Å². The number of halogens is 1. The zero-order chi connectivity index (χ0) is 15.8. The highest BCUT2D eigenvalue weighted by molar-refractivity contribution is 7.89. The van der Waals surface area contributed by atoms with Gasteiger partial charge in [-0.1, -0.05) is 32.4 Å². The quantitative estimate of drug-likeness (QED) is 0.674. The Balaban J connectivity index is 2.26. The van der Waals surface area contributed by atoms with Crippen LogP contribution in [0.5, 0.6) is 0 Å². The van der Waals surface area contributed by atoms with Crippen LogP contribution in [0.2, 0.25) is 0 Å². The molecule has 21 heavy (non-hydrogen) atoms. The summed E-state index contributed by atoms with van der Waals surface area (Å²) in [6, 6.07) is 3.51. The molecular weight excluding hydrogens is 291 g/mol. The van der Waals surface area contributed by atoms with Crippen LogP contribution in [0, 0.1) is 11.2 Å². The lowest BCUT2D eigenvalue weighted by Crippen LogP contribution is -2.36. The van der Waals surface area contributed by atoms with Gasteiger partial charge in [-0.3, -0.25) is 0 Å². The molecule has 0 bridgehead atoms. The molecule has 1 aliphatic heterocycles. The fourth-order valence-electron chi connectivity index (χ4n) is 2.38. The molecule has 0 saturated heterocycles. The largest absolute Gasteiger partial charge is 0.396 e. The van der Waals surface area contributed by atoms with Gasteiger partial charge in [0.1, 0.15) is 5.82 Å². The van der Waals surface area contributed by atoms with Crippen molar-refractivity contribution in [2.24, 2.45) is 5.41 Å². The Morgan fingerprint density at radius 1 is 1.29 bits per heavy atom. The molecule has 2 rings (SSSR count). The maximum absolute atomic E-state index is 13.2. The number of benzene rings is 1. The van der Waals surface area contributed by atoms with Crippen molar-refractivity contribution in [3.05, 3.63) is 35.7 Å². The summed E-state index contributed by atoms with van der Waals surface area (Å²) in [4.78, 5) is 0.0361. The molecule has 1 aromatic carbocycles. The second kappa shape index (κ2) is 5.42. The molecule has 0 aromatic heterocycles. The first-order valence-electron chi connectivity index (χ1n) is 6.87. The highest BCUT2D eigenvalue weighted by Crippen LogP contribution is 2.32. The summed E-state index contributed by atoms with van der Waals surface area (Å²) < 4.78 is 39.6. The summed E-state index contributed by atoms with van der Waals surface area (Å²) in [5, 5.41) is 0. The zero-order valence-electron chi connectivity index (χ0n) is 12.6. The van der Waals surface area contributed by atoms with Gasteiger partial charge in [0, 0.05) is 13.1 Å². The third-order valence-corrected chi connectivity index (χ3v) is 5.60. The van der Waals surface area contributed by atoms with Crippen molar-refractivity contribution >= 4 is 15.7 Å². The summed E-state index contributed by atoms with van der Waals surface area (Å²) in [7, 11) is -3.63. The molecule has 1 heterocycles. The second-order valence-corrected chi connectivity index (χ2v) is 8.21. The number of rotatable bonds is 2. The Labute approximate surface area is 125 Å². The predicted octanol–water partition coefficient (Wildman–Crippen LogP) is 2.77. The third kappa shape index (κ3) is 3.27. The number of nitrogen functional groups attached to an aromatic ring is 1. The van der Waals surface area contributed by atoms with Gasteiger partial charge in [-0.25, -0.2) is 12.8 Å². The van der Waals surface area contributed by atoms with Crippen molar-refractivity contribution in [1.82, 2.24) is 4.31 Å². The molecule has 0 unspecified atom stereocenters. The number of hydrogen-bond donors (Lipinski definition) is 1. The standard InChI is InChI=1S/C15H21FN2O2S/c1-15(2,3)11-6-8-18(9-7-11)21(19,20)12-4-5-13(16)14(17)10-12/h4-6,10H,7-9,17H2,1-3H3. The number of anilines is 1. The minimum atomic E-state index is -3.63. The van der Waals surface area contributed by atoms with Crippen molar-refractivity contribution in [2.45, 2.75) is 32.1 Å². The van der Waals surface area contributed by atoms with E-state index >= 15 is 0 Å². The topological polar surface area (TPSA) is 63.4 Å². The van der Waals surface area contributed by atoms with Crippen LogP contribution in [-0.4, -0.2) is 25.8 Å². The highest BCUT2D eigenvalue weighted by atomic mass is 32.2. The lowest BCUT2D eigenvalue weighted by molar-refractivity contribution is 0.389. The molecule has 1 aliphatic rings. The minimum absolute atomic E-state index is 0.0361. The SMILES string of the molecule is CC(C)(C)C1=CCN(S(=O)(=O)c2ccc(F)c(N)c2)CC1. The highest BCUT2D eigenvalue weighted by Gasteiger charge is 2.29. The van der Waals surface area contributed by atoms with Gasteiger partial charge in [-0.05, 0) is 30.0 Å². The van der Waals surface area contributed by atoms with E-state index in [1.54, 1.807) is 0 Å². The van der Waals surface area contributed by atoms with Gasteiger partial charge in [0.15, 0.2) is 0 Å². The van der Waals surface area contributed by atoms with E-state index in [9.17, 15) is 12.8 Å². The van der Waals surface area contributed by atoms with Gasteiger partial charge in [0.05, 0.1) is 10.6 Å². The number of hydrogen-bond acceptors (Lipinski definition) is 3. The molecule has 116 valence electrons. The van der Waals surface area contributed by atoms with E-state index in [0.717, 1.165) is 6.07 Å². The van der Waals surface area contributed by atoms with Crippen LogP contribution in [-0.2, 0) is 10.0 Å². The van der Waals surface area contributed by atoms with Crippen LogP contribution in [0.3, 0.4) is 0 Å². The van der Waals surface area contributed by atoms with Crippen LogP contribution < -0.4 is 5.73 Å². The molecule has 0 spiro atoms. The molecule has 0 radical (unpaired) electrons. The monoisotopic (exact) mass is 312 g/mol. The molecule has 2 N–H and O–H groups in total. The fourth-order valence-corrected chi connectivity index (χ4v) is 3.80. The lowest BCUT2D eigenvalue weighted by Gasteiger charge is -2.31. The molecular formula is C15H21FN2O2S. The number of nitrogens with two attached hydrogens (primary N) is 1. The molecule has 0 aliphatic carbocycles. The first-order valence-corrected chi connectivity index (χ1v) is 8.31. The van der Waals surface area contributed by atoms with Gasteiger partial charge >= 0.3 is 0 Å². The molecule has 4 nitrogen and oxygen atoms in total. The summed E-state index contributed by atoms with van der Waals surface area (Å²) in [6.45, 7) is 7.12. The molecule has 0 amide bonds. The first kappa shape index (κ1) is 16.0. The molecule has 1 aromatic rings. The number of nitrogens with zero attached hydrogens (tertiary/aromatic N) is 1. The first-order chi connectivity index (χ1) is 9.62. The van der Waals surface area contributed by atoms with E-state index in [1.807, 2.05) is 6.08 Å². The van der Waals surface area contributed by atoms with Crippen LogP contribution in [0.1, 0.15) is 27.2 Å². The summed E-state index contributed by atoms with van der Waals surface area (Å²) >= 11 is 0. The van der Waals surface area contributed by atoms with Crippen LogP contribution in [0.25, 0.3) is 0 Å². The molecule has 6 heteroatoms. The fraction of sp³-hybridized carbons (Fsp3) is 0.467. The predicted molar refractivity (Wildman–Crippen MR) is 81.7 cm³/mol. The van der Waals surface area contributed by atoms with Gasteiger partial charge in [0.25, 0.3) is 0 Å². The van der Waals surface area contributed by atoms with E-state index in [4.69, 9.17) is 5.73 Å². The minimum Gasteiger partial charge on any atom is -0.396 e. The Kier molecular flexibility index (Phi) is 4.13. The Morgan fingerprint density at radius 3 is 2.43 bits per heavy atom. The Hall–Kier alpha value is -1.40. The molecule has 0 fully saturated rings. The lowest BCUT2D eigenvalue weighted by atomic mass is 9.83. The van der Waals surface area contributed by atoms with Crippen molar-refractivity contribution in [2.75, 3.05) is 18.8 Å². The number of sulfonamides is 1. The van der Waals surface area contributed by atoms with Gasteiger partial charge < -0.3 is 5.73 Å². The van der Waals surface area contributed by atoms with Gasteiger partial charge in [0.2, 0.25) is 10.0 Å². The Morgan fingerprint density at radius 2 is 1.95 bits per heavy atom. The average molecular weight is 312 g/mol. The van der Waals surface area contributed by atoms with Crippen molar-refractivity contribution in [3.8, 4) is 0 Å². The van der Waals surface area contributed by atoms with E-state index in [1.165, 1.54) is 22.0 Å². The smallest absolute Gasteiger partial charge is 0.243 e. The van der Waals surface area contributed by atoms with E-state index < -0.39 is 15.8 Å². The van der Waals surface area contributed by atoms with Crippen LogP contribution >= 0.6 is 0 Å². The Bertz CT molecular complexity index is 675. The van der Waals surface area contributed by atoms with Crippen molar-refractivity contribution in [3.63, 3.8) is 0 Å². The normalized spacial score (nSPS) is 17.6. The maximum atomic E-state index is 13.2. The maximum Gasteiger partial charge on any atom is 0.243 e. The van der Waals surface area contributed by atoms with Crippen molar-refractivity contribution < 1.29 is 12.8 Å².